The number of benzene rings is 1. The van der Waals surface area contributed by atoms with Gasteiger partial charge in [-0.15, -0.1) is 0 Å². The average Bonchev–Trinajstić information content (AvgIpc) is 2.73. The molecule has 3 nitrogen and oxygen atoms in total. The van der Waals surface area contributed by atoms with Crippen LogP contribution in [0.25, 0.3) is 16.7 Å². The standard InChI is InChI=1S/C23H26N2O.C2H6/c1-3-17-13-18(7-9-21(17)22-15-24-12-11-16(22)2)19-8-10-23(25-14-19)26-20-5-4-6-20;1-2/h7-15,20,23,25H,3-6H2,1-2H3;1-2H3. The molecule has 2 heterocycles. The summed E-state index contributed by atoms with van der Waals surface area (Å²) in [6, 6.07) is 8.80. The molecule has 0 amide bonds. The number of hydrogen-bond donors (Lipinski definition) is 1. The van der Waals surface area contributed by atoms with Gasteiger partial charge in [0.05, 0.1) is 6.10 Å². The van der Waals surface area contributed by atoms with Crippen LogP contribution in [0.5, 0.6) is 0 Å². The lowest BCUT2D eigenvalue weighted by atomic mass is 9.92. The largest absolute Gasteiger partial charge is 0.362 e. The first-order chi connectivity index (χ1) is 13.7. The van der Waals surface area contributed by atoms with Gasteiger partial charge in [-0.3, -0.25) is 4.98 Å². The quantitative estimate of drug-likeness (QED) is 0.690. The Bertz CT molecular complexity index is 849. The van der Waals surface area contributed by atoms with E-state index in [0.29, 0.717) is 6.10 Å². The zero-order valence-corrected chi connectivity index (χ0v) is 17.5. The predicted octanol–water partition coefficient (Wildman–Crippen LogP) is 6.04. The summed E-state index contributed by atoms with van der Waals surface area (Å²) in [5.74, 6) is 0. The highest BCUT2D eigenvalue weighted by Gasteiger charge is 2.22. The van der Waals surface area contributed by atoms with Gasteiger partial charge in [-0.1, -0.05) is 45.0 Å². The molecule has 148 valence electrons. The lowest BCUT2D eigenvalue weighted by Gasteiger charge is -2.30. The van der Waals surface area contributed by atoms with Gasteiger partial charge in [0.1, 0.15) is 6.23 Å². The number of hydrogen-bond acceptors (Lipinski definition) is 3. The van der Waals surface area contributed by atoms with Crippen molar-refractivity contribution < 1.29 is 4.74 Å². The summed E-state index contributed by atoms with van der Waals surface area (Å²) in [6.07, 6.45) is 15.3. The van der Waals surface area contributed by atoms with Gasteiger partial charge in [0.15, 0.2) is 0 Å². The second kappa shape index (κ2) is 9.70. The van der Waals surface area contributed by atoms with Crippen LogP contribution < -0.4 is 5.32 Å². The topological polar surface area (TPSA) is 34.1 Å². The molecular formula is C25H32N2O. The van der Waals surface area contributed by atoms with Crippen molar-refractivity contribution in [3.8, 4) is 11.1 Å². The first-order valence-corrected chi connectivity index (χ1v) is 10.6. The SMILES string of the molecule is CC.CCc1cc(C2=CNC(OC3CCC3)C=C2)ccc1-c1cnccc1C. The average molecular weight is 377 g/mol. The van der Waals surface area contributed by atoms with Crippen LogP contribution in [-0.2, 0) is 11.2 Å². The molecular weight excluding hydrogens is 344 g/mol. The van der Waals surface area contributed by atoms with Crippen molar-refractivity contribution in [3.05, 3.63) is 71.7 Å². The molecule has 1 fully saturated rings. The minimum Gasteiger partial charge on any atom is -0.362 e. The van der Waals surface area contributed by atoms with Crippen LogP contribution >= 0.6 is 0 Å². The summed E-state index contributed by atoms with van der Waals surface area (Å²) in [5.41, 5.74) is 7.54. The molecule has 0 bridgehead atoms. The van der Waals surface area contributed by atoms with Crippen molar-refractivity contribution in [1.82, 2.24) is 10.3 Å². The van der Waals surface area contributed by atoms with Crippen LogP contribution in [0.2, 0.25) is 0 Å². The number of ether oxygens (including phenoxy) is 1. The summed E-state index contributed by atoms with van der Waals surface area (Å²) >= 11 is 0. The van der Waals surface area contributed by atoms with Gasteiger partial charge in [-0.05, 0) is 72.6 Å². The number of allylic oxidation sites excluding steroid dienone is 2. The summed E-state index contributed by atoms with van der Waals surface area (Å²) in [5, 5.41) is 3.38. The van der Waals surface area contributed by atoms with Gasteiger partial charge < -0.3 is 10.1 Å². The molecule has 1 atom stereocenters. The van der Waals surface area contributed by atoms with Crippen molar-refractivity contribution in [1.29, 1.82) is 0 Å². The predicted molar refractivity (Wildman–Crippen MR) is 118 cm³/mol. The fraction of sp³-hybridized carbons (Fsp3) is 0.400. The van der Waals surface area contributed by atoms with Crippen molar-refractivity contribution >= 4 is 5.57 Å². The van der Waals surface area contributed by atoms with Gasteiger partial charge >= 0.3 is 0 Å². The van der Waals surface area contributed by atoms with Crippen molar-refractivity contribution in [2.75, 3.05) is 0 Å². The Morgan fingerprint density at radius 1 is 1.14 bits per heavy atom. The van der Waals surface area contributed by atoms with E-state index in [0.717, 1.165) is 6.42 Å². The van der Waals surface area contributed by atoms with E-state index in [-0.39, 0.29) is 6.23 Å². The summed E-state index contributed by atoms with van der Waals surface area (Å²) in [7, 11) is 0. The third kappa shape index (κ3) is 4.53. The molecule has 3 heteroatoms. The first kappa shape index (κ1) is 20.3. The maximum absolute atomic E-state index is 6.00. The van der Waals surface area contributed by atoms with Crippen LogP contribution in [-0.4, -0.2) is 17.3 Å². The smallest absolute Gasteiger partial charge is 0.147 e. The number of nitrogens with one attached hydrogen (secondary N) is 1. The molecule has 2 aromatic rings. The Kier molecular flexibility index (Phi) is 7.05. The summed E-state index contributed by atoms with van der Waals surface area (Å²) < 4.78 is 6.00. The molecule has 1 saturated carbocycles. The Morgan fingerprint density at radius 2 is 1.96 bits per heavy atom. The molecule has 2 aliphatic rings. The number of aromatic nitrogens is 1. The monoisotopic (exact) mass is 376 g/mol. The molecule has 0 saturated heterocycles. The van der Waals surface area contributed by atoms with Crippen LogP contribution in [0.15, 0.2) is 55.0 Å². The number of nitrogens with zero attached hydrogens (tertiary/aromatic N) is 1. The minimum absolute atomic E-state index is 0.00649. The minimum atomic E-state index is 0.00649. The van der Waals surface area contributed by atoms with Gasteiger partial charge in [-0.25, -0.2) is 0 Å². The van der Waals surface area contributed by atoms with Gasteiger partial charge in [0.25, 0.3) is 0 Å². The highest BCUT2D eigenvalue weighted by molar-refractivity contribution is 5.78. The van der Waals surface area contributed by atoms with E-state index in [1.165, 1.54) is 52.7 Å². The van der Waals surface area contributed by atoms with Crippen LogP contribution in [0.4, 0.5) is 0 Å². The van der Waals surface area contributed by atoms with Crippen LogP contribution in [0.1, 0.15) is 56.7 Å². The van der Waals surface area contributed by atoms with Crippen molar-refractivity contribution in [3.63, 3.8) is 0 Å². The number of aryl methyl sites for hydroxylation is 2. The van der Waals surface area contributed by atoms with Crippen LogP contribution in [0.3, 0.4) is 0 Å². The molecule has 1 aromatic heterocycles. The highest BCUT2D eigenvalue weighted by atomic mass is 16.5. The molecule has 1 aromatic carbocycles. The van der Waals surface area contributed by atoms with Gasteiger partial charge in [0, 0.05) is 24.2 Å². The molecule has 1 aliphatic heterocycles. The van der Waals surface area contributed by atoms with E-state index >= 15 is 0 Å². The summed E-state index contributed by atoms with van der Waals surface area (Å²) in [6.45, 7) is 8.35. The highest BCUT2D eigenvalue weighted by Crippen LogP contribution is 2.30. The molecule has 28 heavy (non-hydrogen) atoms. The zero-order valence-electron chi connectivity index (χ0n) is 17.5. The van der Waals surface area contributed by atoms with Crippen LogP contribution in [0, 0.1) is 6.92 Å². The maximum atomic E-state index is 6.00. The number of dihydropyridines is 1. The fourth-order valence-corrected chi connectivity index (χ4v) is 3.52. The Morgan fingerprint density at radius 3 is 2.57 bits per heavy atom. The van der Waals surface area contributed by atoms with Crippen molar-refractivity contribution in [2.45, 2.75) is 65.7 Å². The second-order valence-electron chi connectivity index (χ2n) is 7.15. The Balaban J connectivity index is 0.00000109. The third-order valence-electron chi connectivity index (χ3n) is 5.39. The molecule has 1 aliphatic carbocycles. The lowest BCUT2D eigenvalue weighted by molar-refractivity contribution is -0.0387. The first-order valence-electron chi connectivity index (χ1n) is 10.6. The van der Waals surface area contributed by atoms with Gasteiger partial charge in [-0.2, -0.15) is 0 Å². The Hall–Kier alpha value is -2.39. The molecule has 4 rings (SSSR count). The number of pyridine rings is 1. The van der Waals surface area contributed by atoms with E-state index < -0.39 is 0 Å². The summed E-state index contributed by atoms with van der Waals surface area (Å²) in [4.78, 5) is 4.31. The lowest BCUT2D eigenvalue weighted by Crippen LogP contribution is -2.35. The van der Waals surface area contributed by atoms with E-state index in [2.05, 4.69) is 66.8 Å². The second-order valence-corrected chi connectivity index (χ2v) is 7.15. The zero-order chi connectivity index (χ0) is 19.9. The van der Waals surface area contributed by atoms with E-state index in [1.807, 2.05) is 26.2 Å². The number of rotatable bonds is 5. The maximum Gasteiger partial charge on any atom is 0.147 e. The van der Waals surface area contributed by atoms with E-state index in [4.69, 9.17) is 4.74 Å². The molecule has 1 N–H and O–H groups in total. The van der Waals surface area contributed by atoms with Crippen molar-refractivity contribution in [2.24, 2.45) is 0 Å². The van der Waals surface area contributed by atoms with Gasteiger partial charge in [0.2, 0.25) is 0 Å². The molecule has 0 radical (unpaired) electrons. The third-order valence-corrected chi connectivity index (χ3v) is 5.39. The molecule has 1 unspecified atom stereocenters. The normalized spacial score (nSPS) is 18.4. The van der Waals surface area contributed by atoms with E-state index in [9.17, 15) is 0 Å². The molecule has 0 spiro atoms. The fourth-order valence-electron chi connectivity index (χ4n) is 3.52. The Labute approximate surface area is 169 Å². The van der Waals surface area contributed by atoms with E-state index in [1.54, 1.807) is 0 Å².